The number of ether oxygens (including phenoxy) is 1. The van der Waals surface area contributed by atoms with Crippen LogP contribution in [-0.4, -0.2) is 42.2 Å². The van der Waals surface area contributed by atoms with E-state index >= 15 is 0 Å². The number of carbonyl (C=O) groups excluding carboxylic acids is 2. The Kier molecular flexibility index (Phi) is 4.96. The molecular weight excluding hydrogens is 314 g/mol. The van der Waals surface area contributed by atoms with Crippen LogP contribution in [0.4, 0.5) is 16.2 Å². The van der Waals surface area contributed by atoms with Crippen molar-refractivity contribution in [2.24, 2.45) is 0 Å². The lowest BCUT2D eigenvalue weighted by atomic mass is 9.99. The Labute approximate surface area is 139 Å². The number of nitrogens with zero attached hydrogens (tertiary/aromatic N) is 1. The molecule has 3 N–H and O–H groups in total. The number of carboxylic acids is 1. The maximum Gasteiger partial charge on any atom is 0.319 e. The number of rotatable bonds is 5. The first-order valence-electron chi connectivity index (χ1n) is 7.52. The summed E-state index contributed by atoms with van der Waals surface area (Å²) >= 11 is 0. The first-order chi connectivity index (χ1) is 11.2. The van der Waals surface area contributed by atoms with E-state index in [2.05, 4.69) is 10.6 Å². The molecule has 0 fully saturated rings. The highest BCUT2D eigenvalue weighted by Gasteiger charge is 2.24. The van der Waals surface area contributed by atoms with E-state index in [1.807, 2.05) is 0 Å². The van der Waals surface area contributed by atoms with E-state index < -0.39 is 17.5 Å². The fourth-order valence-electron chi connectivity index (χ4n) is 2.30. The van der Waals surface area contributed by atoms with Gasteiger partial charge in [0.2, 0.25) is 0 Å². The minimum atomic E-state index is -0.910. The third-order valence-electron chi connectivity index (χ3n) is 3.72. The Morgan fingerprint density at radius 1 is 1.38 bits per heavy atom. The zero-order chi connectivity index (χ0) is 17.9. The average Bonchev–Trinajstić information content (AvgIpc) is 2.49. The number of hydrogen-bond acceptors (Lipinski definition) is 4. The fourth-order valence-corrected chi connectivity index (χ4v) is 2.30. The van der Waals surface area contributed by atoms with Gasteiger partial charge in [-0.05, 0) is 38.5 Å². The molecule has 0 spiro atoms. The topological polar surface area (TPSA) is 108 Å². The molecule has 1 aromatic rings. The molecule has 8 nitrogen and oxygen atoms in total. The van der Waals surface area contributed by atoms with E-state index in [9.17, 15) is 14.4 Å². The van der Waals surface area contributed by atoms with Crippen LogP contribution in [0, 0.1) is 0 Å². The molecule has 24 heavy (non-hydrogen) atoms. The number of hydrogen-bond donors (Lipinski definition) is 3. The lowest BCUT2D eigenvalue weighted by Crippen LogP contribution is -2.45. The Bertz CT molecular complexity index is 672. The molecule has 130 valence electrons. The van der Waals surface area contributed by atoms with Crippen molar-refractivity contribution < 1.29 is 24.2 Å². The fraction of sp³-hybridized carbons (Fsp3) is 0.438. The van der Waals surface area contributed by atoms with Crippen molar-refractivity contribution in [2.75, 3.05) is 23.9 Å². The van der Waals surface area contributed by atoms with Gasteiger partial charge in [-0.25, -0.2) is 4.79 Å². The Morgan fingerprint density at radius 2 is 2.08 bits per heavy atom. The van der Waals surface area contributed by atoms with Crippen LogP contribution in [0.1, 0.15) is 26.7 Å². The standard InChI is InChI=1S/C16H21N3O5/c1-16(2,7-6-14(21)22)18-15(23)17-10-4-5-12-11(8-10)19(3)13(20)9-24-12/h4-5,8H,6-7,9H2,1-3H3,(H,21,22)(H2,17,18,23). The van der Waals surface area contributed by atoms with Gasteiger partial charge in [0.1, 0.15) is 5.75 Å². The second-order valence-electron chi connectivity index (χ2n) is 6.28. The van der Waals surface area contributed by atoms with Crippen molar-refractivity contribution in [3.05, 3.63) is 18.2 Å². The molecule has 0 aliphatic carbocycles. The van der Waals surface area contributed by atoms with Crippen molar-refractivity contribution in [3.63, 3.8) is 0 Å². The number of amides is 3. The van der Waals surface area contributed by atoms with E-state index in [0.29, 0.717) is 23.5 Å². The quantitative estimate of drug-likeness (QED) is 0.760. The molecule has 0 unspecified atom stereocenters. The first kappa shape index (κ1) is 17.6. The van der Waals surface area contributed by atoms with Crippen molar-refractivity contribution in [1.29, 1.82) is 0 Å². The maximum atomic E-state index is 12.1. The van der Waals surface area contributed by atoms with E-state index in [0.717, 1.165) is 0 Å². The molecule has 1 aliphatic rings. The predicted octanol–water partition coefficient (Wildman–Crippen LogP) is 1.81. The lowest BCUT2D eigenvalue weighted by Gasteiger charge is -2.27. The van der Waals surface area contributed by atoms with Crippen LogP contribution in [-0.2, 0) is 9.59 Å². The van der Waals surface area contributed by atoms with E-state index in [-0.39, 0.29) is 18.9 Å². The van der Waals surface area contributed by atoms with Gasteiger partial charge in [0, 0.05) is 24.7 Å². The van der Waals surface area contributed by atoms with Crippen molar-refractivity contribution in [3.8, 4) is 5.75 Å². The average molecular weight is 335 g/mol. The van der Waals surface area contributed by atoms with Crippen molar-refractivity contribution in [2.45, 2.75) is 32.2 Å². The second kappa shape index (κ2) is 6.77. The van der Waals surface area contributed by atoms with E-state index in [1.165, 1.54) is 4.90 Å². The zero-order valence-corrected chi connectivity index (χ0v) is 13.9. The Hall–Kier alpha value is -2.77. The molecule has 1 aromatic carbocycles. The summed E-state index contributed by atoms with van der Waals surface area (Å²) in [6.45, 7) is 3.50. The highest BCUT2D eigenvalue weighted by Crippen LogP contribution is 2.33. The van der Waals surface area contributed by atoms with Gasteiger partial charge in [-0.3, -0.25) is 9.59 Å². The molecular formula is C16H21N3O5. The van der Waals surface area contributed by atoms with Gasteiger partial charge in [-0.15, -0.1) is 0 Å². The van der Waals surface area contributed by atoms with E-state index in [1.54, 1.807) is 39.1 Å². The number of carboxylic acid groups (broad SMARTS) is 1. The first-order valence-corrected chi connectivity index (χ1v) is 7.52. The molecule has 1 heterocycles. The van der Waals surface area contributed by atoms with Crippen molar-refractivity contribution in [1.82, 2.24) is 5.32 Å². The number of fused-ring (bicyclic) bond motifs is 1. The molecule has 0 saturated carbocycles. The number of benzene rings is 1. The molecule has 2 rings (SSSR count). The summed E-state index contributed by atoms with van der Waals surface area (Å²) in [7, 11) is 1.64. The SMILES string of the molecule is CN1C(=O)COc2ccc(NC(=O)NC(C)(C)CCC(=O)O)cc21. The number of likely N-dealkylation sites (N-methyl/N-ethyl adjacent to an activating group) is 1. The highest BCUT2D eigenvalue weighted by atomic mass is 16.5. The van der Waals surface area contributed by atoms with Crippen LogP contribution in [0.3, 0.4) is 0 Å². The van der Waals surface area contributed by atoms with Crippen LogP contribution in [0.2, 0.25) is 0 Å². The summed E-state index contributed by atoms with van der Waals surface area (Å²) in [6.07, 6.45) is 0.279. The second-order valence-corrected chi connectivity index (χ2v) is 6.28. The predicted molar refractivity (Wildman–Crippen MR) is 88.5 cm³/mol. The van der Waals surface area contributed by atoms with Gasteiger partial charge in [0.25, 0.3) is 5.91 Å². The molecule has 1 aliphatic heterocycles. The number of urea groups is 1. The van der Waals surface area contributed by atoms with E-state index in [4.69, 9.17) is 9.84 Å². The van der Waals surface area contributed by atoms with Crippen molar-refractivity contribution >= 4 is 29.3 Å². The van der Waals surface area contributed by atoms with Crippen LogP contribution in [0.15, 0.2) is 18.2 Å². The molecule has 8 heteroatoms. The number of carbonyl (C=O) groups is 3. The van der Waals surface area contributed by atoms with Gasteiger partial charge in [-0.1, -0.05) is 0 Å². The highest BCUT2D eigenvalue weighted by molar-refractivity contribution is 5.99. The summed E-state index contributed by atoms with van der Waals surface area (Å²) in [6, 6.07) is 4.56. The molecule has 3 amide bonds. The molecule has 0 radical (unpaired) electrons. The summed E-state index contributed by atoms with van der Waals surface area (Å²) in [5.41, 5.74) is 0.423. The van der Waals surface area contributed by atoms with Crippen LogP contribution < -0.4 is 20.3 Å². The molecule has 0 aromatic heterocycles. The summed E-state index contributed by atoms with van der Waals surface area (Å²) < 4.78 is 5.33. The molecule has 0 atom stereocenters. The van der Waals surface area contributed by atoms with Gasteiger partial charge in [0.15, 0.2) is 6.61 Å². The number of aliphatic carboxylic acids is 1. The van der Waals surface area contributed by atoms with Gasteiger partial charge in [0.05, 0.1) is 5.69 Å². The molecule has 0 saturated heterocycles. The number of nitrogens with one attached hydrogen (secondary N) is 2. The number of anilines is 2. The smallest absolute Gasteiger partial charge is 0.319 e. The Morgan fingerprint density at radius 3 is 2.75 bits per heavy atom. The summed E-state index contributed by atoms with van der Waals surface area (Å²) in [4.78, 5) is 35.9. The van der Waals surface area contributed by atoms with Crippen LogP contribution >= 0.6 is 0 Å². The van der Waals surface area contributed by atoms with Crippen LogP contribution in [0.25, 0.3) is 0 Å². The summed E-state index contributed by atoms with van der Waals surface area (Å²) in [5, 5.41) is 14.1. The lowest BCUT2D eigenvalue weighted by molar-refractivity contribution is -0.137. The third kappa shape index (κ3) is 4.37. The third-order valence-corrected chi connectivity index (χ3v) is 3.72. The minimum absolute atomic E-state index is 0.00543. The monoisotopic (exact) mass is 335 g/mol. The van der Waals surface area contributed by atoms with Crippen LogP contribution in [0.5, 0.6) is 5.75 Å². The maximum absolute atomic E-state index is 12.1. The molecule has 0 bridgehead atoms. The summed E-state index contributed by atoms with van der Waals surface area (Å²) in [5.74, 6) is -0.503. The van der Waals surface area contributed by atoms with Gasteiger partial charge < -0.3 is 25.4 Å². The largest absolute Gasteiger partial charge is 0.482 e. The van der Waals surface area contributed by atoms with Gasteiger partial charge in [-0.2, -0.15) is 0 Å². The van der Waals surface area contributed by atoms with Gasteiger partial charge >= 0.3 is 12.0 Å². The Balaban J connectivity index is 2.02. The minimum Gasteiger partial charge on any atom is -0.482 e. The zero-order valence-electron chi connectivity index (χ0n) is 13.9. The normalized spacial score (nSPS) is 13.8.